The van der Waals surface area contributed by atoms with Crippen molar-refractivity contribution in [1.29, 1.82) is 0 Å². The Morgan fingerprint density at radius 3 is 2.72 bits per heavy atom. The number of hydrogen-bond donors (Lipinski definition) is 1. The van der Waals surface area contributed by atoms with Crippen LogP contribution in [0.25, 0.3) is 10.9 Å². The van der Waals surface area contributed by atoms with Crippen molar-refractivity contribution in [2.45, 2.75) is 38.6 Å². The molecule has 1 heterocycles. The third kappa shape index (κ3) is 2.47. The molecule has 2 nitrogen and oxygen atoms in total. The smallest absolute Gasteiger partial charge is 0.0703 e. The van der Waals surface area contributed by atoms with Crippen LogP contribution in [-0.4, -0.2) is 11.0 Å². The van der Waals surface area contributed by atoms with Gasteiger partial charge < -0.3 is 5.32 Å². The minimum absolute atomic E-state index is 0.629. The summed E-state index contributed by atoms with van der Waals surface area (Å²) >= 11 is 0. The lowest BCUT2D eigenvalue weighted by Gasteiger charge is -2.27. The summed E-state index contributed by atoms with van der Waals surface area (Å²) in [6.07, 6.45) is 7.22. The Labute approximate surface area is 108 Å². The molecule has 0 radical (unpaired) electrons. The van der Waals surface area contributed by atoms with Crippen molar-refractivity contribution in [2.75, 3.05) is 5.32 Å². The van der Waals surface area contributed by atoms with Gasteiger partial charge in [-0.1, -0.05) is 25.1 Å². The van der Waals surface area contributed by atoms with Gasteiger partial charge in [-0.05, 0) is 43.7 Å². The Morgan fingerprint density at radius 2 is 1.89 bits per heavy atom. The fraction of sp³-hybridized carbons (Fsp3) is 0.438. The fourth-order valence-corrected chi connectivity index (χ4v) is 2.79. The third-order valence-electron chi connectivity index (χ3n) is 3.98. The van der Waals surface area contributed by atoms with Gasteiger partial charge in [-0.2, -0.15) is 0 Å². The first-order chi connectivity index (χ1) is 8.81. The van der Waals surface area contributed by atoms with Gasteiger partial charge in [0.1, 0.15) is 0 Å². The molecule has 1 N–H and O–H groups in total. The molecule has 1 aliphatic rings. The molecular formula is C16H20N2. The van der Waals surface area contributed by atoms with E-state index in [-0.39, 0.29) is 0 Å². The topological polar surface area (TPSA) is 24.9 Å². The molecule has 94 valence electrons. The first kappa shape index (κ1) is 11.5. The largest absolute Gasteiger partial charge is 0.381 e. The van der Waals surface area contributed by atoms with Gasteiger partial charge in [0.25, 0.3) is 0 Å². The van der Waals surface area contributed by atoms with Crippen LogP contribution in [0.15, 0.2) is 36.5 Å². The first-order valence-corrected chi connectivity index (χ1v) is 6.92. The quantitative estimate of drug-likeness (QED) is 0.850. The molecule has 2 aromatic rings. The van der Waals surface area contributed by atoms with Crippen LogP contribution in [0.3, 0.4) is 0 Å². The van der Waals surface area contributed by atoms with Crippen molar-refractivity contribution in [3.8, 4) is 0 Å². The average Bonchev–Trinajstić information content (AvgIpc) is 2.41. The van der Waals surface area contributed by atoms with Gasteiger partial charge in [-0.15, -0.1) is 0 Å². The van der Waals surface area contributed by atoms with Gasteiger partial charge in [-0.3, -0.25) is 4.98 Å². The van der Waals surface area contributed by atoms with Crippen LogP contribution in [0.2, 0.25) is 0 Å². The summed E-state index contributed by atoms with van der Waals surface area (Å²) in [7, 11) is 0. The van der Waals surface area contributed by atoms with Crippen LogP contribution in [0.1, 0.15) is 32.6 Å². The van der Waals surface area contributed by atoms with E-state index in [9.17, 15) is 0 Å². The van der Waals surface area contributed by atoms with Gasteiger partial charge >= 0.3 is 0 Å². The van der Waals surface area contributed by atoms with Crippen molar-refractivity contribution >= 4 is 16.6 Å². The van der Waals surface area contributed by atoms with E-state index in [0.29, 0.717) is 6.04 Å². The van der Waals surface area contributed by atoms with E-state index in [2.05, 4.69) is 41.5 Å². The number of para-hydroxylation sites is 1. The molecule has 3 rings (SSSR count). The molecule has 2 heteroatoms. The molecule has 0 spiro atoms. The second-order valence-electron chi connectivity index (χ2n) is 5.52. The molecule has 18 heavy (non-hydrogen) atoms. The van der Waals surface area contributed by atoms with Gasteiger partial charge in [0.05, 0.1) is 17.4 Å². The minimum atomic E-state index is 0.629. The summed E-state index contributed by atoms with van der Waals surface area (Å²) in [5, 5.41) is 4.85. The standard InChI is InChI=1S/C16H20N2/c1-12-6-8-14(9-7-12)18-15-10-13-4-2-3-5-16(13)17-11-15/h2-5,10-12,14,18H,6-9H2,1H3. The number of rotatable bonds is 2. The molecule has 0 amide bonds. The summed E-state index contributed by atoms with van der Waals surface area (Å²) in [4.78, 5) is 4.50. The van der Waals surface area contributed by atoms with Crippen molar-refractivity contribution in [2.24, 2.45) is 5.92 Å². The number of aromatic nitrogens is 1. The van der Waals surface area contributed by atoms with Gasteiger partial charge in [-0.25, -0.2) is 0 Å². The highest BCUT2D eigenvalue weighted by atomic mass is 14.9. The molecule has 0 aliphatic heterocycles. The zero-order valence-electron chi connectivity index (χ0n) is 10.9. The molecule has 0 saturated heterocycles. The monoisotopic (exact) mass is 240 g/mol. The number of anilines is 1. The second-order valence-corrected chi connectivity index (χ2v) is 5.52. The summed E-state index contributed by atoms with van der Waals surface area (Å²) in [6, 6.07) is 11.1. The highest BCUT2D eigenvalue weighted by molar-refractivity contribution is 5.81. The van der Waals surface area contributed by atoms with Crippen LogP contribution in [0.5, 0.6) is 0 Å². The van der Waals surface area contributed by atoms with E-state index < -0.39 is 0 Å². The average molecular weight is 240 g/mol. The zero-order chi connectivity index (χ0) is 12.4. The zero-order valence-corrected chi connectivity index (χ0v) is 10.9. The van der Waals surface area contributed by atoms with Gasteiger partial charge in [0.2, 0.25) is 0 Å². The molecule has 1 aromatic carbocycles. The maximum atomic E-state index is 4.50. The number of hydrogen-bond acceptors (Lipinski definition) is 2. The first-order valence-electron chi connectivity index (χ1n) is 6.92. The van der Waals surface area contributed by atoms with E-state index in [1.807, 2.05) is 12.3 Å². The highest BCUT2D eigenvalue weighted by Gasteiger charge is 2.17. The van der Waals surface area contributed by atoms with E-state index >= 15 is 0 Å². The number of pyridine rings is 1. The molecule has 0 atom stereocenters. The lowest BCUT2D eigenvalue weighted by Crippen LogP contribution is -2.25. The Hall–Kier alpha value is -1.57. The number of nitrogens with zero attached hydrogens (tertiary/aromatic N) is 1. The molecule has 1 aromatic heterocycles. The van der Waals surface area contributed by atoms with Crippen LogP contribution < -0.4 is 5.32 Å². The molecule has 1 aliphatic carbocycles. The lowest BCUT2D eigenvalue weighted by molar-refractivity contribution is 0.361. The van der Waals surface area contributed by atoms with Crippen molar-refractivity contribution in [3.63, 3.8) is 0 Å². The normalized spacial score (nSPS) is 24.1. The van der Waals surface area contributed by atoms with E-state index in [4.69, 9.17) is 0 Å². The van der Waals surface area contributed by atoms with Gasteiger partial charge in [0.15, 0.2) is 0 Å². The molecule has 1 fully saturated rings. The predicted octanol–water partition coefficient (Wildman–Crippen LogP) is 4.23. The van der Waals surface area contributed by atoms with Crippen molar-refractivity contribution in [1.82, 2.24) is 4.98 Å². The Balaban J connectivity index is 1.74. The maximum absolute atomic E-state index is 4.50. The molecule has 0 unspecified atom stereocenters. The summed E-state index contributed by atoms with van der Waals surface area (Å²) in [5.74, 6) is 0.901. The van der Waals surface area contributed by atoms with Crippen LogP contribution >= 0.6 is 0 Å². The van der Waals surface area contributed by atoms with Crippen LogP contribution in [0, 0.1) is 5.92 Å². The summed E-state index contributed by atoms with van der Waals surface area (Å²) in [6.45, 7) is 2.35. The predicted molar refractivity (Wildman–Crippen MR) is 76.8 cm³/mol. The lowest BCUT2D eigenvalue weighted by atomic mass is 9.87. The second kappa shape index (κ2) is 4.97. The summed E-state index contributed by atoms with van der Waals surface area (Å²) < 4.78 is 0. The van der Waals surface area contributed by atoms with E-state index in [1.54, 1.807) is 0 Å². The van der Waals surface area contributed by atoms with Crippen molar-refractivity contribution < 1.29 is 0 Å². The maximum Gasteiger partial charge on any atom is 0.0703 e. The molecule has 1 saturated carbocycles. The molecule has 0 bridgehead atoms. The number of benzene rings is 1. The van der Waals surface area contributed by atoms with Crippen LogP contribution in [-0.2, 0) is 0 Å². The summed E-state index contributed by atoms with van der Waals surface area (Å²) in [5.41, 5.74) is 2.23. The molecular weight excluding hydrogens is 220 g/mol. The minimum Gasteiger partial charge on any atom is -0.381 e. The van der Waals surface area contributed by atoms with Crippen molar-refractivity contribution in [3.05, 3.63) is 36.5 Å². The third-order valence-corrected chi connectivity index (χ3v) is 3.98. The number of fused-ring (bicyclic) bond motifs is 1. The van der Waals surface area contributed by atoms with Crippen LogP contribution in [0.4, 0.5) is 5.69 Å². The fourth-order valence-electron chi connectivity index (χ4n) is 2.79. The van der Waals surface area contributed by atoms with Gasteiger partial charge in [0, 0.05) is 11.4 Å². The SMILES string of the molecule is CC1CCC(Nc2cnc3ccccc3c2)CC1. The Morgan fingerprint density at radius 1 is 1.11 bits per heavy atom. The number of nitrogens with one attached hydrogen (secondary N) is 1. The van der Waals surface area contributed by atoms with E-state index in [0.717, 1.165) is 17.1 Å². The van der Waals surface area contributed by atoms with E-state index in [1.165, 1.54) is 31.1 Å². The Kier molecular flexibility index (Phi) is 3.18. The highest BCUT2D eigenvalue weighted by Crippen LogP contribution is 2.26. The Bertz CT molecular complexity index is 527.